The Morgan fingerprint density at radius 3 is 2.33 bits per heavy atom. The van der Waals surface area contributed by atoms with Crippen molar-refractivity contribution in [1.82, 2.24) is 4.90 Å². The van der Waals surface area contributed by atoms with Crippen LogP contribution in [-0.4, -0.2) is 43.6 Å². The van der Waals surface area contributed by atoms with E-state index in [1.165, 1.54) is 0 Å². The molecular weight excluding hydrogens is 284 g/mol. The van der Waals surface area contributed by atoms with Gasteiger partial charge in [0.1, 0.15) is 11.2 Å². The molecule has 21 heavy (non-hydrogen) atoms. The molecule has 0 aromatic heterocycles. The van der Waals surface area contributed by atoms with Gasteiger partial charge in [-0.15, -0.1) is 0 Å². The normalized spacial score (nSPS) is 27.1. The van der Waals surface area contributed by atoms with E-state index in [0.717, 1.165) is 0 Å². The van der Waals surface area contributed by atoms with E-state index in [2.05, 4.69) is 25.7 Å². The predicted octanol–water partition coefficient (Wildman–Crippen LogP) is 3.38. The number of hydrogen-bond acceptors (Lipinski definition) is 4. The number of nitriles is 1. The van der Waals surface area contributed by atoms with Crippen LogP contribution in [-0.2, 0) is 9.16 Å². The Kier molecular flexibility index (Phi) is 5.12. The summed E-state index contributed by atoms with van der Waals surface area (Å²) >= 11 is 0. The maximum atomic E-state index is 12.1. The lowest BCUT2D eigenvalue weighted by atomic mass is 9.83. The van der Waals surface area contributed by atoms with E-state index >= 15 is 0 Å². The lowest BCUT2D eigenvalue weighted by Crippen LogP contribution is -2.56. The molecule has 2 atom stereocenters. The third kappa shape index (κ3) is 5.01. The van der Waals surface area contributed by atoms with Gasteiger partial charge in [0.05, 0.1) is 6.07 Å². The molecule has 1 aliphatic rings. The molecule has 2 unspecified atom stereocenters. The molecule has 0 N–H and O–H groups in total. The van der Waals surface area contributed by atoms with E-state index in [0.29, 0.717) is 19.5 Å². The Labute approximate surface area is 129 Å². The number of carbonyl (C=O) groups is 1. The topological polar surface area (TPSA) is 62.6 Å². The Bertz CT molecular complexity index is 434. The molecule has 0 radical (unpaired) electrons. The standard InChI is InChI=1S/C15H28N2O3Si/c1-12-10-17(13(18)19-14(2,3)4)9-8-15(12,11-16)20-21(5,6)7/h12H,8-10H2,1-7H3. The van der Waals surface area contributed by atoms with E-state index in [9.17, 15) is 10.1 Å². The lowest BCUT2D eigenvalue weighted by molar-refractivity contribution is -0.0248. The highest BCUT2D eigenvalue weighted by Crippen LogP contribution is 2.34. The van der Waals surface area contributed by atoms with Crippen molar-refractivity contribution in [2.45, 2.75) is 65.0 Å². The predicted molar refractivity (Wildman–Crippen MR) is 84.4 cm³/mol. The minimum atomic E-state index is -1.82. The largest absolute Gasteiger partial charge is 0.444 e. The highest BCUT2D eigenvalue weighted by molar-refractivity contribution is 6.69. The first-order valence-electron chi connectivity index (χ1n) is 7.48. The Hall–Kier alpha value is -1.06. The van der Waals surface area contributed by atoms with Gasteiger partial charge in [-0.2, -0.15) is 5.26 Å². The maximum Gasteiger partial charge on any atom is 0.410 e. The number of likely N-dealkylation sites (tertiary alicyclic amines) is 1. The van der Waals surface area contributed by atoms with Crippen LogP contribution in [0.5, 0.6) is 0 Å². The maximum absolute atomic E-state index is 12.1. The second kappa shape index (κ2) is 5.97. The number of rotatable bonds is 2. The zero-order chi connectivity index (χ0) is 16.5. The van der Waals surface area contributed by atoms with Crippen molar-refractivity contribution in [3.8, 4) is 6.07 Å². The van der Waals surface area contributed by atoms with Crippen LogP contribution in [0.1, 0.15) is 34.1 Å². The van der Waals surface area contributed by atoms with Crippen molar-refractivity contribution in [2.24, 2.45) is 5.92 Å². The molecule has 6 heteroatoms. The molecule has 0 bridgehead atoms. The number of carbonyl (C=O) groups excluding carboxylic acids is 1. The monoisotopic (exact) mass is 312 g/mol. The smallest absolute Gasteiger partial charge is 0.410 e. The minimum Gasteiger partial charge on any atom is -0.444 e. The minimum absolute atomic E-state index is 0.0320. The van der Waals surface area contributed by atoms with Gasteiger partial charge in [-0.25, -0.2) is 4.79 Å². The van der Waals surface area contributed by atoms with Crippen LogP contribution in [0.3, 0.4) is 0 Å². The van der Waals surface area contributed by atoms with Gasteiger partial charge >= 0.3 is 6.09 Å². The van der Waals surface area contributed by atoms with Crippen LogP contribution in [0.15, 0.2) is 0 Å². The molecule has 0 aromatic rings. The van der Waals surface area contributed by atoms with Crippen molar-refractivity contribution in [3.63, 3.8) is 0 Å². The quantitative estimate of drug-likeness (QED) is 0.733. The van der Waals surface area contributed by atoms with E-state index < -0.39 is 19.5 Å². The number of amides is 1. The first-order chi connectivity index (χ1) is 9.38. The number of hydrogen-bond donors (Lipinski definition) is 0. The lowest BCUT2D eigenvalue weighted by Gasteiger charge is -2.44. The summed E-state index contributed by atoms with van der Waals surface area (Å²) in [4.78, 5) is 13.8. The fraction of sp³-hybridized carbons (Fsp3) is 0.867. The summed E-state index contributed by atoms with van der Waals surface area (Å²) in [6.07, 6.45) is 0.225. The zero-order valence-electron chi connectivity index (χ0n) is 14.3. The van der Waals surface area contributed by atoms with Crippen molar-refractivity contribution < 1.29 is 14.0 Å². The van der Waals surface area contributed by atoms with Crippen molar-refractivity contribution in [1.29, 1.82) is 5.26 Å². The van der Waals surface area contributed by atoms with Crippen LogP contribution in [0.25, 0.3) is 0 Å². The van der Waals surface area contributed by atoms with Crippen LogP contribution in [0.4, 0.5) is 4.79 Å². The highest BCUT2D eigenvalue weighted by Gasteiger charge is 2.46. The molecule has 0 aliphatic carbocycles. The first-order valence-corrected chi connectivity index (χ1v) is 10.9. The van der Waals surface area contributed by atoms with Gasteiger partial charge in [-0.3, -0.25) is 0 Å². The molecule has 1 heterocycles. The second-order valence-electron chi connectivity index (χ2n) is 7.79. The van der Waals surface area contributed by atoms with E-state index in [4.69, 9.17) is 9.16 Å². The highest BCUT2D eigenvalue weighted by atomic mass is 28.4. The molecule has 1 saturated heterocycles. The first kappa shape index (κ1) is 18.0. The molecule has 5 nitrogen and oxygen atoms in total. The molecule has 120 valence electrons. The summed E-state index contributed by atoms with van der Waals surface area (Å²) in [6, 6.07) is 2.37. The molecule has 0 aromatic carbocycles. The molecule has 0 spiro atoms. The Balaban J connectivity index is 2.78. The SMILES string of the molecule is CC1CN(C(=O)OC(C)(C)C)CCC1(C#N)O[Si](C)(C)C. The van der Waals surface area contributed by atoms with Gasteiger partial charge < -0.3 is 14.1 Å². The van der Waals surface area contributed by atoms with Crippen molar-refractivity contribution in [3.05, 3.63) is 0 Å². The molecule has 1 fully saturated rings. The summed E-state index contributed by atoms with van der Waals surface area (Å²) in [5.41, 5.74) is -1.28. The van der Waals surface area contributed by atoms with Gasteiger partial charge in [0.2, 0.25) is 0 Å². The fourth-order valence-corrected chi connectivity index (χ4v) is 3.94. The summed E-state index contributed by atoms with van der Waals surface area (Å²) in [5.74, 6) is -0.0320. The van der Waals surface area contributed by atoms with Gasteiger partial charge in [0, 0.05) is 25.4 Å². The van der Waals surface area contributed by atoms with Crippen LogP contribution in [0, 0.1) is 17.2 Å². The third-order valence-corrected chi connectivity index (χ3v) is 4.35. The van der Waals surface area contributed by atoms with E-state index in [1.54, 1.807) is 4.90 Å². The van der Waals surface area contributed by atoms with Gasteiger partial charge in [0.25, 0.3) is 0 Å². The van der Waals surface area contributed by atoms with E-state index in [1.807, 2.05) is 27.7 Å². The van der Waals surface area contributed by atoms with Crippen molar-refractivity contribution in [2.75, 3.05) is 13.1 Å². The van der Waals surface area contributed by atoms with Gasteiger partial charge in [-0.05, 0) is 40.4 Å². The Morgan fingerprint density at radius 1 is 1.38 bits per heavy atom. The average Bonchev–Trinajstić information content (AvgIpc) is 2.27. The summed E-state index contributed by atoms with van der Waals surface area (Å²) in [5, 5.41) is 9.60. The molecule has 1 amide bonds. The second-order valence-corrected chi connectivity index (χ2v) is 12.2. The van der Waals surface area contributed by atoms with E-state index in [-0.39, 0.29) is 12.0 Å². The summed E-state index contributed by atoms with van der Waals surface area (Å²) in [7, 11) is -1.82. The van der Waals surface area contributed by atoms with Gasteiger partial charge in [-0.1, -0.05) is 6.92 Å². The van der Waals surface area contributed by atoms with Crippen LogP contribution < -0.4 is 0 Å². The van der Waals surface area contributed by atoms with Crippen LogP contribution >= 0.6 is 0 Å². The van der Waals surface area contributed by atoms with Crippen molar-refractivity contribution >= 4 is 14.4 Å². The Morgan fingerprint density at radius 2 is 1.95 bits per heavy atom. The zero-order valence-corrected chi connectivity index (χ0v) is 15.3. The third-order valence-electron chi connectivity index (χ3n) is 3.37. The summed E-state index contributed by atoms with van der Waals surface area (Å²) < 4.78 is 11.6. The fourth-order valence-electron chi connectivity index (χ4n) is 2.50. The number of nitrogens with zero attached hydrogens (tertiary/aromatic N) is 2. The molecule has 0 saturated carbocycles. The molecule has 1 aliphatic heterocycles. The van der Waals surface area contributed by atoms with Crippen LogP contribution in [0.2, 0.25) is 19.6 Å². The average molecular weight is 312 g/mol. The molecule has 1 rings (SSSR count). The number of piperidine rings is 1. The molecular formula is C15H28N2O3Si. The van der Waals surface area contributed by atoms with Gasteiger partial charge in [0.15, 0.2) is 8.32 Å². The number of ether oxygens (including phenoxy) is 1. The summed E-state index contributed by atoms with van der Waals surface area (Å²) in [6.45, 7) is 14.8.